The Bertz CT molecular complexity index is 434. The molecule has 0 aromatic heterocycles. The first-order valence-corrected chi connectivity index (χ1v) is 7.19. The van der Waals surface area contributed by atoms with Crippen LogP contribution >= 0.6 is 22.6 Å². The number of urea groups is 1. The minimum absolute atomic E-state index is 0.0527. The molecule has 19 heavy (non-hydrogen) atoms. The van der Waals surface area contributed by atoms with Crippen molar-refractivity contribution in [2.45, 2.75) is 26.3 Å². The molecule has 0 aliphatic heterocycles. The molecule has 6 heteroatoms. The molecule has 0 bridgehead atoms. The van der Waals surface area contributed by atoms with E-state index in [4.69, 9.17) is 0 Å². The van der Waals surface area contributed by atoms with Crippen molar-refractivity contribution in [3.8, 4) is 0 Å². The number of rotatable bonds is 5. The van der Waals surface area contributed by atoms with Crippen LogP contribution in [0.25, 0.3) is 0 Å². The van der Waals surface area contributed by atoms with E-state index in [0.29, 0.717) is 0 Å². The predicted octanol–water partition coefficient (Wildman–Crippen LogP) is 2.33. The third-order valence-corrected chi connectivity index (χ3v) is 3.26. The molecule has 0 spiro atoms. The largest absolute Gasteiger partial charge is 0.376 e. The zero-order valence-electron chi connectivity index (χ0n) is 11.0. The van der Waals surface area contributed by atoms with Gasteiger partial charge in [-0.15, -0.1) is 0 Å². The minimum atomic E-state index is -0.455. The number of anilines is 1. The standard InChI is InChI=1S/C13H18IN3O2/c1-3-9(2)16-13(19)17-12(18)8-15-11-6-4-10(14)5-7-11/h4-7,9,15H,3,8H2,1-2H3,(H2,16,17,18,19)/t9-/m1/s1. The van der Waals surface area contributed by atoms with E-state index in [9.17, 15) is 9.59 Å². The fourth-order valence-electron chi connectivity index (χ4n) is 1.28. The Morgan fingerprint density at radius 1 is 1.26 bits per heavy atom. The second kappa shape index (κ2) is 7.98. The van der Waals surface area contributed by atoms with Gasteiger partial charge in [0.25, 0.3) is 0 Å². The minimum Gasteiger partial charge on any atom is -0.376 e. The summed E-state index contributed by atoms with van der Waals surface area (Å²) >= 11 is 2.21. The summed E-state index contributed by atoms with van der Waals surface area (Å²) in [6, 6.07) is 7.25. The van der Waals surface area contributed by atoms with Crippen LogP contribution in [0.5, 0.6) is 0 Å². The predicted molar refractivity (Wildman–Crippen MR) is 84.1 cm³/mol. The molecule has 0 heterocycles. The Morgan fingerprint density at radius 2 is 1.89 bits per heavy atom. The average molecular weight is 375 g/mol. The van der Waals surface area contributed by atoms with Gasteiger partial charge in [0.15, 0.2) is 0 Å². The summed E-state index contributed by atoms with van der Waals surface area (Å²) in [5.41, 5.74) is 0.845. The monoisotopic (exact) mass is 375 g/mol. The van der Waals surface area contributed by atoms with Crippen molar-refractivity contribution in [2.24, 2.45) is 0 Å². The number of carbonyl (C=O) groups excluding carboxylic acids is 2. The quantitative estimate of drug-likeness (QED) is 0.692. The SMILES string of the molecule is CC[C@@H](C)NC(=O)NC(=O)CNc1ccc(I)cc1. The van der Waals surface area contributed by atoms with Gasteiger partial charge in [0.1, 0.15) is 0 Å². The molecule has 0 unspecified atom stereocenters. The highest BCUT2D eigenvalue weighted by molar-refractivity contribution is 14.1. The molecule has 3 N–H and O–H groups in total. The van der Waals surface area contributed by atoms with E-state index in [1.54, 1.807) is 0 Å². The number of benzene rings is 1. The third-order valence-electron chi connectivity index (χ3n) is 2.54. The second-order valence-electron chi connectivity index (χ2n) is 4.19. The van der Waals surface area contributed by atoms with Crippen molar-refractivity contribution in [2.75, 3.05) is 11.9 Å². The van der Waals surface area contributed by atoms with Gasteiger partial charge < -0.3 is 10.6 Å². The van der Waals surface area contributed by atoms with Crippen LogP contribution in [-0.2, 0) is 4.79 Å². The fraction of sp³-hybridized carbons (Fsp3) is 0.385. The van der Waals surface area contributed by atoms with E-state index in [2.05, 4.69) is 38.5 Å². The first-order chi connectivity index (χ1) is 9.01. The molecule has 1 aromatic rings. The first kappa shape index (κ1) is 15.7. The molecule has 0 saturated carbocycles. The van der Waals surface area contributed by atoms with Crippen LogP contribution in [0, 0.1) is 3.57 Å². The molecule has 5 nitrogen and oxygen atoms in total. The van der Waals surface area contributed by atoms with Crippen LogP contribution in [-0.4, -0.2) is 24.5 Å². The Morgan fingerprint density at radius 3 is 2.47 bits per heavy atom. The highest BCUT2D eigenvalue weighted by Crippen LogP contribution is 2.10. The molecular weight excluding hydrogens is 357 g/mol. The number of amides is 3. The summed E-state index contributed by atoms with van der Waals surface area (Å²) < 4.78 is 1.13. The van der Waals surface area contributed by atoms with Crippen molar-refractivity contribution in [1.82, 2.24) is 10.6 Å². The summed E-state index contributed by atoms with van der Waals surface area (Å²) in [5.74, 6) is -0.362. The Labute approximate surface area is 126 Å². The maximum absolute atomic E-state index is 11.5. The zero-order valence-corrected chi connectivity index (χ0v) is 13.2. The number of hydrogen-bond acceptors (Lipinski definition) is 3. The molecule has 0 saturated heterocycles. The fourth-order valence-corrected chi connectivity index (χ4v) is 1.64. The summed E-state index contributed by atoms with van der Waals surface area (Å²) in [5, 5.41) is 7.89. The van der Waals surface area contributed by atoms with Gasteiger partial charge in [0.05, 0.1) is 6.54 Å². The van der Waals surface area contributed by atoms with Crippen LogP contribution < -0.4 is 16.0 Å². The van der Waals surface area contributed by atoms with Gasteiger partial charge in [-0.05, 0) is 60.2 Å². The highest BCUT2D eigenvalue weighted by atomic mass is 127. The smallest absolute Gasteiger partial charge is 0.321 e. The number of hydrogen-bond donors (Lipinski definition) is 3. The normalized spacial score (nSPS) is 11.5. The summed E-state index contributed by atoms with van der Waals surface area (Å²) in [6.07, 6.45) is 0.822. The molecule has 0 radical (unpaired) electrons. The lowest BCUT2D eigenvalue weighted by Crippen LogP contribution is -2.45. The van der Waals surface area contributed by atoms with Crippen molar-refractivity contribution in [3.05, 3.63) is 27.8 Å². The van der Waals surface area contributed by atoms with Crippen LogP contribution in [0.3, 0.4) is 0 Å². The van der Waals surface area contributed by atoms with E-state index in [0.717, 1.165) is 15.7 Å². The van der Waals surface area contributed by atoms with E-state index >= 15 is 0 Å². The van der Waals surface area contributed by atoms with Gasteiger partial charge in [-0.3, -0.25) is 10.1 Å². The summed E-state index contributed by atoms with van der Waals surface area (Å²) in [4.78, 5) is 22.9. The van der Waals surface area contributed by atoms with Crippen LogP contribution in [0.2, 0.25) is 0 Å². The summed E-state index contributed by atoms with van der Waals surface area (Å²) in [7, 11) is 0. The van der Waals surface area contributed by atoms with Gasteiger partial charge in [0.2, 0.25) is 5.91 Å². The Kier molecular flexibility index (Phi) is 6.61. The van der Waals surface area contributed by atoms with Crippen molar-refractivity contribution >= 4 is 40.2 Å². The lowest BCUT2D eigenvalue weighted by atomic mass is 10.3. The maximum Gasteiger partial charge on any atom is 0.321 e. The van der Waals surface area contributed by atoms with Crippen molar-refractivity contribution < 1.29 is 9.59 Å². The van der Waals surface area contributed by atoms with E-state index in [-0.39, 0.29) is 18.5 Å². The van der Waals surface area contributed by atoms with Gasteiger partial charge in [0, 0.05) is 15.3 Å². The topological polar surface area (TPSA) is 70.2 Å². The van der Waals surface area contributed by atoms with Gasteiger partial charge >= 0.3 is 6.03 Å². The molecule has 0 aliphatic carbocycles. The zero-order chi connectivity index (χ0) is 14.3. The van der Waals surface area contributed by atoms with Crippen LogP contribution in [0.15, 0.2) is 24.3 Å². The number of halogens is 1. The van der Waals surface area contributed by atoms with Crippen LogP contribution in [0.1, 0.15) is 20.3 Å². The van der Waals surface area contributed by atoms with Gasteiger partial charge in [-0.25, -0.2) is 4.79 Å². The molecule has 1 aromatic carbocycles. The van der Waals surface area contributed by atoms with E-state index in [1.807, 2.05) is 38.1 Å². The molecular formula is C13H18IN3O2. The molecule has 3 amide bonds. The highest BCUT2D eigenvalue weighted by Gasteiger charge is 2.09. The Hall–Kier alpha value is -1.31. The lowest BCUT2D eigenvalue weighted by Gasteiger charge is -2.12. The number of imide groups is 1. The third kappa shape index (κ3) is 6.42. The van der Waals surface area contributed by atoms with Crippen molar-refractivity contribution in [1.29, 1.82) is 0 Å². The van der Waals surface area contributed by atoms with Crippen LogP contribution in [0.4, 0.5) is 10.5 Å². The maximum atomic E-state index is 11.5. The van der Waals surface area contributed by atoms with Gasteiger partial charge in [-0.2, -0.15) is 0 Å². The number of carbonyl (C=O) groups is 2. The number of nitrogens with one attached hydrogen (secondary N) is 3. The summed E-state index contributed by atoms with van der Waals surface area (Å²) in [6.45, 7) is 3.91. The second-order valence-corrected chi connectivity index (χ2v) is 5.44. The average Bonchev–Trinajstić information content (AvgIpc) is 2.37. The van der Waals surface area contributed by atoms with E-state index in [1.165, 1.54) is 0 Å². The molecule has 1 rings (SSSR count). The molecule has 1 atom stereocenters. The van der Waals surface area contributed by atoms with E-state index < -0.39 is 6.03 Å². The molecule has 0 aliphatic rings. The molecule has 0 fully saturated rings. The first-order valence-electron chi connectivity index (χ1n) is 6.11. The Balaban J connectivity index is 2.31. The molecule has 104 valence electrons. The van der Waals surface area contributed by atoms with Gasteiger partial charge in [-0.1, -0.05) is 6.92 Å². The van der Waals surface area contributed by atoms with Crippen molar-refractivity contribution in [3.63, 3.8) is 0 Å². The lowest BCUT2D eigenvalue weighted by molar-refractivity contribution is -0.118.